The molecule has 1 aliphatic carbocycles. The lowest BCUT2D eigenvalue weighted by Crippen LogP contribution is -2.30. The van der Waals surface area contributed by atoms with E-state index < -0.39 is 0 Å². The topological polar surface area (TPSA) is 12.0 Å². The molecule has 0 bridgehead atoms. The van der Waals surface area contributed by atoms with Crippen molar-refractivity contribution in [1.82, 2.24) is 5.32 Å². The van der Waals surface area contributed by atoms with Crippen LogP contribution < -0.4 is 5.32 Å². The fourth-order valence-corrected chi connectivity index (χ4v) is 4.20. The molecule has 1 aromatic carbocycles. The Morgan fingerprint density at radius 3 is 2.79 bits per heavy atom. The SMILES string of the molecule is CNC(CSC1CCCC1)Cc1ccc(F)cc1Cl. The van der Waals surface area contributed by atoms with Crippen LogP contribution in [0.5, 0.6) is 0 Å². The molecule has 1 fully saturated rings. The lowest BCUT2D eigenvalue weighted by Gasteiger charge is -2.19. The number of likely N-dealkylation sites (N-methyl/N-ethyl adjacent to an activating group) is 1. The summed E-state index contributed by atoms with van der Waals surface area (Å²) in [6.45, 7) is 0. The van der Waals surface area contributed by atoms with E-state index in [1.54, 1.807) is 6.07 Å². The van der Waals surface area contributed by atoms with Crippen molar-refractivity contribution in [3.05, 3.63) is 34.6 Å². The third-order valence-corrected chi connectivity index (χ3v) is 5.61. The standard InChI is InChI=1S/C15H21ClFNS/c1-18-13(10-19-14-4-2-3-5-14)8-11-6-7-12(17)9-15(11)16/h6-7,9,13-14,18H,2-5,8,10H2,1H3. The average molecular weight is 302 g/mol. The van der Waals surface area contributed by atoms with Crippen LogP contribution in [0.1, 0.15) is 31.2 Å². The summed E-state index contributed by atoms with van der Waals surface area (Å²) in [4.78, 5) is 0. The van der Waals surface area contributed by atoms with Crippen LogP contribution >= 0.6 is 23.4 Å². The summed E-state index contributed by atoms with van der Waals surface area (Å²) in [6.07, 6.45) is 6.34. The Kier molecular flexibility index (Phi) is 5.99. The predicted octanol–water partition coefficient (Wildman–Crippen LogP) is 4.29. The van der Waals surface area contributed by atoms with Gasteiger partial charge < -0.3 is 5.32 Å². The Labute approximate surface area is 124 Å². The molecule has 0 radical (unpaired) electrons. The minimum absolute atomic E-state index is 0.268. The first-order chi connectivity index (χ1) is 9.19. The van der Waals surface area contributed by atoms with Gasteiger partial charge in [-0.2, -0.15) is 11.8 Å². The van der Waals surface area contributed by atoms with Crippen LogP contribution in [-0.4, -0.2) is 24.1 Å². The van der Waals surface area contributed by atoms with Gasteiger partial charge in [0.2, 0.25) is 0 Å². The van der Waals surface area contributed by atoms with E-state index in [0.717, 1.165) is 23.0 Å². The first-order valence-electron chi connectivity index (χ1n) is 6.92. The van der Waals surface area contributed by atoms with E-state index in [0.29, 0.717) is 11.1 Å². The van der Waals surface area contributed by atoms with E-state index in [-0.39, 0.29) is 5.82 Å². The van der Waals surface area contributed by atoms with Crippen molar-refractivity contribution in [1.29, 1.82) is 0 Å². The van der Waals surface area contributed by atoms with E-state index in [1.807, 2.05) is 7.05 Å². The molecule has 106 valence electrons. The van der Waals surface area contributed by atoms with Gasteiger partial charge in [0.05, 0.1) is 0 Å². The average Bonchev–Trinajstić information content (AvgIpc) is 2.90. The lowest BCUT2D eigenvalue weighted by molar-refractivity contribution is 0.609. The molecule has 0 saturated heterocycles. The van der Waals surface area contributed by atoms with Crippen LogP contribution in [0.3, 0.4) is 0 Å². The highest BCUT2D eigenvalue weighted by Crippen LogP contribution is 2.30. The van der Waals surface area contributed by atoms with Gasteiger partial charge in [-0.1, -0.05) is 30.5 Å². The summed E-state index contributed by atoms with van der Waals surface area (Å²) in [5.74, 6) is 0.824. The molecular weight excluding hydrogens is 281 g/mol. The molecule has 0 spiro atoms. The van der Waals surface area contributed by atoms with Crippen LogP contribution in [0, 0.1) is 5.82 Å². The highest BCUT2D eigenvalue weighted by Gasteiger charge is 2.18. The molecule has 1 saturated carbocycles. The van der Waals surface area contributed by atoms with Crippen molar-refractivity contribution >= 4 is 23.4 Å². The summed E-state index contributed by atoms with van der Waals surface area (Å²) in [7, 11) is 1.98. The van der Waals surface area contributed by atoms with Gasteiger partial charge in [0.15, 0.2) is 0 Å². The molecule has 1 atom stereocenters. The Morgan fingerprint density at radius 1 is 1.42 bits per heavy atom. The quantitative estimate of drug-likeness (QED) is 0.841. The molecule has 1 aromatic rings. The molecular formula is C15H21ClFNS. The third-order valence-electron chi connectivity index (χ3n) is 3.72. The zero-order valence-electron chi connectivity index (χ0n) is 11.3. The second-order valence-electron chi connectivity index (χ2n) is 5.17. The first kappa shape index (κ1) is 15.1. The van der Waals surface area contributed by atoms with Gasteiger partial charge in [0, 0.05) is 22.1 Å². The van der Waals surface area contributed by atoms with Crippen LogP contribution in [0.15, 0.2) is 18.2 Å². The number of hydrogen-bond acceptors (Lipinski definition) is 2. The van der Waals surface area contributed by atoms with E-state index in [4.69, 9.17) is 11.6 Å². The first-order valence-corrected chi connectivity index (χ1v) is 8.34. The summed E-state index contributed by atoms with van der Waals surface area (Å²) in [5.41, 5.74) is 1.02. The second-order valence-corrected chi connectivity index (χ2v) is 6.91. The van der Waals surface area contributed by atoms with E-state index in [9.17, 15) is 4.39 Å². The number of halogens is 2. The lowest BCUT2D eigenvalue weighted by atomic mass is 10.1. The Balaban J connectivity index is 1.86. The van der Waals surface area contributed by atoms with Gasteiger partial charge in [0.25, 0.3) is 0 Å². The molecule has 4 heteroatoms. The van der Waals surface area contributed by atoms with Crippen molar-refractivity contribution in [2.24, 2.45) is 0 Å². The normalized spacial score (nSPS) is 17.8. The van der Waals surface area contributed by atoms with E-state index in [1.165, 1.54) is 37.8 Å². The largest absolute Gasteiger partial charge is 0.316 e. The van der Waals surface area contributed by atoms with Gasteiger partial charge in [0.1, 0.15) is 5.82 Å². The van der Waals surface area contributed by atoms with Gasteiger partial charge >= 0.3 is 0 Å². The summed E-state index contributed by atoms with van der Waals surface area (Å²) in [5, 5.41) is 4.71. The highest BCUT2D eigenvalue weighted by molar-refractivity contribution is 7.99. The third kappa shape index (κ3) is 4.66. The minimum Gasteiger partial charge on any atom is -0.316 e. The van der Waals surface area contributed by atoms with Crippen molar-refractivity contribution in [3.8, 4) is 0 Å². The van der Waals surface area contributed by atoms with Crippen molar-refractivity contribution in [2.45, 2.75) is 43.4 Å². The molecule has 0 heterocycles. The second kappa shape index (κ2) is 7.51. The molecule has 2 rings (SSSR count). The van der Waals surface area contributed by atoms with Crippen LogP contribution in [0.4, 0.5) is 4.39 Å². The fraction of sp³-hybridized carbons (Fsp3) is 0.600. The summed E-state index contributed by atoms with van der Waals surface area (Å²) in [6, 6.07) is 5.07. The predicted molar refractivity (Wildman–Crippen MR) is 82.7 cm³/mol. The Bertz CT molecular complexity index is 407. The molecule has 1 nitrogen and oxygen atoms in total. The van der Waals surface area contributed by atoms with E-state index >= 15 is 0 Å². The highest BCUT2D eigenvalue weighted by atomic mass is 35.5. The molecule has 0 amide bonds. The molecule has 1 unspecified atom stereocenters. The maximum atomic E-state index is 13.0. The monoisotopic (exact) mass is 301 g/mol. The zero-order valence-corrected chi connectivity index (χ0v) is 12.9. The zero-order chi connectivity index (χ0) is 13.7. The molecule has 19 heavy (non-hydrogen) atoms. The Hall–Kier alpha value is -0.250. The molecule has 1 aliphatic rings. The van der Waals surface area contributed by atoms with Crippen LogP contribution in [0.2, 0.25) is 5.02 Å². The fourth-order valence-electron chi connectivity index (χ4n) is 2.50. The number of thioether (sulfide) groups is 1. The number of benzene rings is 1. The smallest absolute Gasteiger partial charge is 0.124 e. The van der Waals surface area contributed by atoms with Gasteiger partial charge in [-0.3, -0.25) is 0 Å². The minimum atomic E-state index is -0.268. The maximum absolute atomic E-state index is 13.0. The molecule has 0 aliphatic heterocycles. The van der Waals surface area contributed by atoms with Crippen molar-refractivity contribution in [2.75, 3.05) is 12.8 Å². The summed E-state index contributed by atoms with van der Waals surface area (Å²) < 4.78 is 13.0. The van der Waals surface area contributed by atoms with Gasteiger partial charge in [-0.05, 0) is 44.0 Å². The molecule has 1 N–H and O–H groups in total. The van der Waals surface area contributed by atoms with Crippen molar-refractivity contribution in [3.63, 3.8) is 0 Å². The van der Waals surface area contributed by atoms with Crippen molar-refractivity contribution < 1.29 is 4.39 Å². The van der Waals surface area contributed by atoms with Gasteiger partial charge in [-0.25, -0.2) is 4.39 Å². The summed E-state index contributed by atoms with van der Waals surface area (Å²) >= 11 is 8.15. The maximum Gasteiger partial charge on any atom is 0.124 e. The van der Waals surface area contributed by atoms with Crippen LogP contribution in [0.25, 0.3) is 0 Å². The number of nitrogens with one attached hydrogen (secondary N) is 1. The molecule has 0 aromatic heterocycles. The number of rotatable bonds is 6. The van der Waals surface area contributed by atoms with Crippen LogP contribution in [-0.2, 0) is 6.42 Å². The van der Waals surface area contributed by atoms with E-state index in [2.05, 4.69) is 17.1 Å². The van der Waals surface area contributed by atoms with Gasteiger partial charge in [-0.15, -0.1) is 0 Å². The Morgan fingerprint density at radius 2 is 2.16 bits per heavy atom. The number of hydrogen-bond donors (Lipinski definition) is 1.